The Bertz CT molecular complexity index is 707. The van der Waals surface area contributed by atoms with Gasteiger partial charge >= 0.3 is 6.18 Å². The van der Waals surface area contributed by atoms with Gasteiger partial charge in [0.2, 0.25) is 0 Å². The first kappa shape index (κ1) is 17.2. The number of halogens is 3. The quantitative estimate of drug-likeness (QED) is 0.920. The normalized spacial score (nSPS) is 18.0. The summed E-state index contributed by atoms with van der Waals surface area (Å²) in [7, 11) is 1.71. The zero-order valence-electron chi connectivity index (χ0n) is 13.1. The van der Waals surface area contributed by atoms with Crippen molar-refractivity contribution in [2.24, 2.45) is 0 Å². The molecule has 0 saturated carbocycles. The number of aromatic amines is 1. The molecule has 5 nitrogen and oxygen atoms in total. The van der Waals surface area contributed by atoms with Gasteiger partial charge in [0.1, 0.15) is 11.3 Å². The molecule has 0 spiro atoms. The highest BCUT2D eigenvalue weighted by Gasteiger charge is 2.42. The number of nitrogens with one attached hydrogen (secondary N) is 1. The Balaban J connectivity index is 2.47. The largest absolute Gasteiger partial charge is 0.422 e. The van der Waals surface area contributed by atoms with Gasteiger partial charge in [0.15, 0.2) is 0 Å². The van der Waals surface area contributed by atoms with Crippen molar-refractivity contribution in [1.82, 2.24) is 15.1 Å². The third kappa shape index (κ3) is 3.30. The third-order valence-corrected chi connectivity index (χ3v) is 3.97. The fourth-order valence-electron chi connectivity index (χ4n) is 3.17. The van der Waals surface area contributed by atoms with E-state index in [1.165, 1.54) is 6.92 Å². The van der Waals surface area contributed by atoms with Crippen LogP contribution in [-0.2, 0) is 17.4 Å². The van der Waals surface area contributed by atoms with Gasteiger partial charge < -0.3 is 4.90 Å². The smallest absolute Gasteiger partial charge is 0.370 e. The van der Waals surface area contributed by atoms with Crippen molar-refractivity contribution < 1.29 is 18.0 Å². The van der Waals surface area contributed by atoms with Gasteiger partial charge in [0.25, 0.3) is 5.56 Å². The van der Waals surface area contributed by atoms with E-state index in [1.54, 1.807) is 24.9 Å². The molecule has 1 aromatic heterocycles. The van der Waals surface area contributed by atoms with Gasteiger partial charge in [-0.25, -0.2) is 5.10 Å². The molecule has 1 aliphatic rings. The van der Waals surface area contributed by atoms with E-state index in [-0.39, 0.29) is 35.9 Å². The SMILES string of the molecule is CC=C(C1CCc2c1n[nH]c(=O)c2C(F)(F)F)N(C)CC(C)=O. The molecule has 1 aliphatic carbocycles. The molecule has 0 aromatic carbocycles. The number of rotatable bonds is 4. The van der Waals surface area contributed by atoms with Crippen LogP contribution in [0.25, 0.3) is 0 Å². The first-order chi connectivity index (χ1) is 10.7. The van der Waals surface area contributed by atoms with E-state index in [2.05, 4.69) is 5.10 Å². The van der Waals surface area contributed by atoms with Gasteiger partial charge in [-0.05, 0) is 32.3 Å². The summed E-state index contributed by atoms with van der Waals surface area (Å²) in [4.78, 5) is 24.5. The van der Waals surface area contributed by atoms with Crippen LogP contribution >= 0.6 is 0 Å². The lowest BCUT2D eigenvalue weighted by atomic mass is 10.0. The van der Waals surface area contributed by atoms with E-state index in [1.807, 2.05) is 5.10 Å². The minimum absolute atomic E-state index is 0.0400. The number of aromatic nitrogens is 2. The Hall–Kier alpha value is -2.12. The predicted octanol–water partition coefficient (Wildman–Crippen LogP) is 2.24. The molecule has 0 bridgehead atoms. The Labute approximate surface area is 131 Å². The fraction of sp³-hybridized carbons (Fsp3) is 0.533. The first-order valence-electron chi connectivity index (χ1n) is 7.22. The van der Waals surface area contributed by atoms with Gasteiger partial charge in [-0.1, -0.05) is 6.08 Å². The van der Waals surface area contributed by atoms with Gasteiger partial charge in [0, 0.05) is 18.7 Å². The molecule has 0 aliphatic heterocycles. The maximum absolute atomic E-state index is 13.1. The van der Waals surface area contributed by atoms with Crippen LogP contribution in [0.15, 0.2) is 16.6 Å². The monoisotopic (exact) mass is 329 g/mol. The topological polar surface area (TPSA) is 66.1 Å². The van der Waals surface area contributed by atoms with E-state index in [0.717, 1.165) is 5.70 Å². The van der Waals surface area contributed by atoms with Crippen LogP contribution < -0.4 is 5.56 Å². The number of ketones is 1. The molecule has 1 aromatic rings. The second-order valence-electron chi connectivity index (χ2n) is 5.65. The highest BCUT2D eigenvalue weighted by molar-refractivity contribution is 5.77. The summed E-state index contributed by atoms with van der Waals surface area (Å²) < 4.78 is 39.4. The van der Waals surface area contributed by atoms with E-state index in [9.17, 15) is 22.8 Å². The molecule has 126 valence electrons. The van der Waals surface area contributed by atoms with E-state index in [4.69, 9.17) is 0 Å². The second kappa shape index (κ2) is 6.17. The Kier molecular flexibility index (Phi) is 4.63. The highest BCUT2D eigenvalue weighted by Crippen LogP contribution is 2.41. The van der Waals surface area contributed by atoms with Crippen molar-refractivity contribution >= 4 is 5.78 Å². The molecular formula is C15H18F3N3O2. The van der Waals surface area contributed by atoms with E-state index < -0.39 is 17.3 Å². The molecular weight excluding hydrogens is 311 g/mol. The standard InChI is InChI=1S/C15H18F3N3O2/c1-4-11(21(3)7-8(2)22)9-5-6-10-12(15(16,17)18)14(23)20-19-13(9)10/h4,9H,5-7H2,1-3H3,(H,20,23). The lowest BCUT2D eigenvalue weighted by Gasteiger charge is -2.26. The van der Waals surface area contributed by atoms with Crippen molar-refractivity contribution in [3.63, 3.8) is 0 Å². The number of hydrogen-bond acceptors (Lipinski definition) is 4. The molecule has 8 heteroatoms. The average molecular weight is 329 g/mol. The van der Waals surface area contributed by atoms with Crippen molar-refractivity contribution in [1.29, 1.82) is 0 Å². The summed E-state index contributed by atoms with van der Waals surface area (Å²) >= 11 is 0. The van der Waals surface area contributed by atoms with Crippen LogP contribution in [0.3, 0.4) is 0 Å². The van der Waals surface area contributed by atoms with Crippen molar-refractivity contribution in [3.05, 3.63) is 38.9 Å². The first-order valence-corrected chi connectivity index (χ1v) is 7.22. The Morgan fingerprint density at radius 2 is 2.13 bits per heavy atom. The minimum atomic E-state index is -4.71. The number of nitrogens with zero attached hydrogens (tertiary/aromatic N) is 2. The second-order valence-corrected chi connectivity index (χ2v) is 5.65. The van der Waals surface area contributed by atoms with E-state index >= 15 is 0 Å². The summed E-state index contributed by atoms with van der Waals surface area (Å²) in [6, 6.07) is 0. The number of allylic oxidation sites excluding steroid dienone is 2. The minimum Gasteiger partial charge on any atom is -0.370 e. The molecule has 2 rings (SSSR count). The number of hydrogen-bond donors (Lipinski definition) is 1. The van der Waals surface area contributed by atoms with Crippen molar-refractivity contribution in [2.75, 3.05) is 13.6 Å². The number of alkyl halides is 3. The molecule has 0 radical (unpaired) electrons. The molecule has 0 amide bonds. The maximum Gasteiger partial charge on any atom is 0.422 e. The third-order valence-electron chi connectivity index (χ3n) is 3.97. The summed E-state index contributed by atoms with van der Waals surface area (Å²) in [6.07, 6.45) is -2.39. The highest BCUT2D eigenvalue weighted by atomic mass is 19.4. The van der Waals surface area contributed by atoms with Crippen LogP contribution in [0.4, 0.5) is 13.2 Å². The number of H-pyrrole nitrogens is 1. The van der Waals surface area contributed by atoms with Crippen LogP contribution in [0, 0.1) is 0 Å². The van der Waals surface area contributed by atoms with Crippen molar-refractivity contribution in [3.8, 4) is 0 Å². The van der Waals surface area contributed by atoms with Crippen LogP contribution in [0.2, 0.25) is 0 Å². The van der Waals surface area contributed by atoms with Crippen LogP contribution in [-0.4, -0.2) is 34.5 Å². The fourth-order valence-corrected chi connectivity index (χ4v) is 3.17. The molecule has 1 N–H and O–H groups in total. The number of likely N-dealkylation sites (N-methyl/N-ethyl adjacent to an activating group) is 1. The molecule has 1 unspecified atom stereocenters. The van der Waals surface area contributed by atoms with Crippen LogP contribution in [0.5, 0.6) is 0 Å². The van der Waals surface area contributed by atoms with E-state index in [0.29, 0.717) is 6.42 Å². The molecule has 1 atom stereocenters. The molecule has 0 saturated heterocycles. The lowest BCUT2D eigenvalue weighted by molar-refractivity contribution is -0.139. The number of carbonyl (C=O) groups is 1. The summed E-state index contributed by atoms with van der Waals surface area (Å²) in [5.74, 6) is -0.409. The van der Waals surface area contributed by atoms with Gasteiger partial charge in [-0.2, -0.15) is 18.3 Å². The number of Topliss-reactive ketones (excluding diaryl/α,β-unsaturated/α-hetero) is 1. The number of carbonyl (C=O) groups excluding carboxylic acids is 1. The van der Waals surface area contributed by atoms with Gasteiger partial charge in [0.05, 0.1) is 12.2 Å². The lowest BCUT2D eigenvalue weighted by Crippen LogP contribution is -2.28. The zero-order valence-corrected chi connectivity index (χ0v) is 13.1. The number of fused-ring (bicyclic) bond motifs is 1. The Morgan fingerprint density at radius 1 is 1.48 bits per heavy atom. The maximum atomic E-state index is 13.1. The summed E-state index contributed by atoms with van der Waals surface area (Å²) in [5, 5.41) is 5.81. The molecule has 0 fully saturated rings. The van der Waals surface area contributed by atoms with Gasteiger partial charge in [-0.3, -0.25) is 9.59 Å². The van der Waals surface area contributed by atoms with Gasteiger partial charge in [-0.15, -0.1) is 0 Å². The average Bonchev–Trinajstić information content (AvgIpc) is 2.80. The zero-order chi connectivity index (χ0) is 17.4. The van der Waals surface area contributed by atoms with Crippen molar-refractivity contribution in [2.45, 2.75) is 38.8 Å². The van der Waals surface area contributed by atoms with Crippen LogP contribution in [0.1, 0.15) is 43.0 Å². The summed E-state index contributed by atoms with van der Waals surface area (Å²) in [6.45, 7) is 3.38. The predicted molar refractivity (Wildman–Crippen MR) is 78.0 cm³/mol. The molecule has 23 heavy (non-hydrogen) atoms. The summed E-state index contributed by atoms with van der Waals surface area (Å²) in [5.41, 5.74) is -1.44. The Morgan fingerprint density at radius 3 is 2.65 bits per heavy atom. The molecule has 1 heterocycles.